The van der Waals surface area contributed by atoms with Crippen molar-refractivity contribution in [3.8, 4) is 0 Å². The van der Waals surface area contributed by atoms with Gasteiger partial charge in [0.15, 0.2) is 0 Å². The Hall–Kier alpha value is -1.08. The van der Waals surface area contributed by atoms with Crippen molar-refractivity contribution < 1.29 is 4.39 Å². The maximum Gasteiger partial charge on any atom is 0.142 e. The Morgan fingerprint density at radius 1 is 1.21 bits per heavy atom. The van der Waals surface area contributed by atoms with Crippen molar-refractivity contribution in [1.82, 2.24) is 0 Å². The van der Waals surface area contributed by atoms with Gasteiger partial charge in [-0.25, -0.2) is 4.39 Å². The molecular formula is C12H10ClF. The second-order valence-electron chi connectivity index (χ2n) is 3.23. The van der Waals surface area contributed by atoms with Crippen LogP contribution < -0.4 is 0 Å². The monoisotopic (exact) mass is 208 g/mol. The number of hydrogen-bond acceptors (Lipinski definition) is 0. The van der Waals surface area contributed by atoms with Crippen LogP contribution in [0.4, 0.5) is 4.39 Å². The molecule has 14 heavy (non-hydrogen) atoms. The zero-order chi connectivity index (χ0) is 10.1. The van der Waals surface area contributed by atoms with Crippen LogP contribution >= 0.6 is 11.6 Å². The Morgan fingerprint density at radius 2 is 2.00 bits per heavy atom. The van der Waals surface area contributed by atoms with Gasteiger partial charge in [0, 0.05) is 5.39 Å². The van der Waals surface area contributed by atoms with Crippen LogP contribution in [0, 0.1) is 5.82 Å². The molecule has 2 aromatic carbocycles. The van der Waals surface area contributed by atoms with Gasteiger partial charge in [-0.1, -0.05) is 42.8 Å². The molecule has 0 fully saturated rings. The summed E-state index contributed by atoms with van der Waals surface area (Å²) in [6.45, 7) is 2.04. The molecule has 0 atom stereocenters. The fourth-order valence-corrected chi connectivity index (χ4v) is 1.97. The van der Waals surface area contributed by atoms with Gasteiger partial charge >= 0.3 is 0 Å². The second-order valence-corrected chi connectivity index (χ2v) is 3.61. The minimum Gasteiger partial charge on any atom is -0.205 e. The normalized spacial score (nSPS) is 10.8. The molecule has 0 aliphatic heterocycles. The molecule has 0 aromatic heterocycles. The van der Waals surface area contributed by atoms with E-state index >= 15 is 0 Å². The van der Waals surface area contributed by atoms with E-state index in [1.807, 2.05) is 25.1 Å². The van der Waals surface area contributed by atoms with Crippen LogP contribution in [0.1, 0.15) is 12.5 Å². The van der Waals surface area contributed by atoms with Crippen LogP contribution in [0.15, 0.2) is 30.3 Å². The van der Waals surface area contributed by atoms with Crippen molar-refractivity contribution >= 4 is 22.4 Å². The molecule has 0 spiro atoms. The van der Waals surface area contributed by atoms with Crippen LogP contribution in [0.25, 0.3) is 10.8 Å². The molecule has 0 saturated carbocycles. The SMILES string of the molecule is CCc1cccc2ccc(F)c(Cl)c12. The summed E-state index contributed by atoms with van der Waals surface area (Å²) in [6, 6.07) is 9.06. The van der Waals surface area contributed by atoms with Crippen LogP contribution in [0.2, 0.25) is 5.02 Å². The molecule has 2 rings (SSSR count). The first-order valence-electron chi connectivity index (χ1n) is 4.59. The lowest BCUT2D eigenvalue weighted by Crippen LogP contribution is -1.87. The molecule has 0 bridgehead atoms. The molecule has 2 aromatic rings. The first-order valence-corrected chi connectivity index (χ1v) is 4.97. The molecular weight excluding hydrogens is 199 g/mol. The van der Waals surface area contributed by atoms with Crippen molar-refractivity contribution in [2.24, 2.45) is 0 Å². The number of fused-ring (bicyclic) bond motifs is 1. The van der Waals surface area contributed by atoms with Gasteiger partial charge < -0.3 is 0 Å². The highest BCUT2D eigenvalue weighted by Gasteiger charge is 2.07. The topological polar surface area (TPSA) is 0 Å². The van der Waals surface area contributed by atoms with E-state index in [0.717, 1.165) is 22.8 Å². The van der Waals surface area contributed by atoms with E-state index in [-0.39, 0.29) is 10.8 Å². The van der Waals surface area contributed by atoms with Gasteiger partial charge in [0.2, 0.25) is 0 Å². The molecule has 0 unspecified atom stereocenters. The minimum atomic E-state index is -0.347. The van der Waals surface area contributed by atoms with Crippen LogP contribution in [-0.4, -0.2) is 0 Å². The number of aryl methyl sites for hydroxylation is 1. The summed E-state index contributed by atoms with van der Waals surface area (Å²) >= 11 is 5.93. The van der Waals surface area contributed by atoms with Crippen LogP contribution in [-0.2, 0) is 6.42 Å². The third-order valence-corrected chi connectivity index (χ3v) is 2.77. The van der Waals surface area contributed by atoms with Crippen LogP contribution in [0.5, 0.6) is 0 Å². The quantitative estimate of drug-likeness (QED) is 0.659. The van der Waals surface area contributed by atoms with Gasteiger partial charge in [-0.2, -0.15) is 0 Å². The maximum absolute atomic E-state index is 13.2. The predicted molar refractivity (Wildman–Crippen MR) is 58.3 cm³/mol. The lowest BCUT2D eigenvalue weighted by molar-refractivity contribution is 0.630. The van der Waals surface area contributed by atoms with Crippen LogP contribution in [0.3, 0.4) is 0 Å². The van der Waals surface area contributed by atoms with Gasteiger partial charge in [-0.15, -0.1) is 0 Å². The molecule has 72 valence electrons. The van der Waals surface area contributed by atoms with Gasteiger partial charge in [0.05, 0.1) is 5.02 Å². The lowest BCUT2D eigenvalue weighted by atomic mass is 10.0. The Balaban J connectivity index is 2.89. The highest BCUT2D eigenvalue weighted by Crippen LogP contribution is 2.29. The zero-order valence-electron chi connectivity index (χ0n) is 7.85. The molecule has 0 radical (unpaired) electrons. The van der Waals surface area contributed by atoms with Crippen molar-refractivity contribution in [1.29, 1.82) is 0 Å². The highest BCUT2D eigenvalue weighted by molar-refractivity contribution is 6.36. The van der Waals surface area contributed by atoms with Crippen molar-refractivity contribution in [3.05, 3.63) is 46.7 Å². The van der Waals surface area contributed by atoms with E-state index in [4.69, 9.17) is 11.6 Å². The number of benzene rings is 2. The Morgan fingerprint density at radius 3 is 2.71 bits per heavy atom. The molecule has 0 saturated heterocycles. The molecule has 0 heterocycles. The van der Waals surface area contributed by atoms with Gasteiger partial charge in [0.1, 0.15) is 5.82 Å². The molecule has 0 nitrogen and oxygen atoms in total. The standard InChI is InChI=1S/C12H10ClF/c1-2-8-4-3-5-9-6-7-10(14)12(13)11(8)9/h3-7H,2H2,1H3. The Bertz CT molecular complexity index is 477. The minimum absolute atomic E-state index is 0.236. The largest absolute Gasteiger partial charge is 0.205 e. The summed E-state index contributed by atoms with van der Waals surface area (Å²) in [5.74, 6) is -0.347. The molecule has 2 heteroatoms. The number of hydrogen-bond donors (Lipinski definition) is 0. The van der Waals surface area contributed by atoms with Gasteiger partial charge in [-0.3, -0.25) is 0 Å². The summed E-state index contributed by atoms with van der Waals surface area (Å²) in [5, 5.41) is 2.08. The first-order chi connectivity index (χ1) is 6.74. The van der Waals surface area contributed by atoms with E-state index < -0.39 is 0 Å². The van der Waals surface area contributed by atoms with Gasteiger partial charge in [0.25, 0.3) is 0 Å². The fourth-order valence-electron chi connectivity index (χ4n) is 1.68. The second kappa shape index (κ2) is 3.58. The summed E-state index contributed by atoms with van der Waals surface area (Å²) in [7, 11) is 0. The Kier molecular flexibility index (Phi) is 2.42. The fraction of sp³-hybridized carbons (Fsp3) is 0.167. The predicted octanol–water partition coefficient (Wildman–Crippen LogP) is 4.19. The Labute approximate surface area is 87.3 Å². The molecule has 0 aliphatic carbocycles. The third kappa shape index (κ3) is 1.38. The molecule has 0 N–H and O–H groups in total. The summed E-state index contributed by atoms with van der Waals surface area (Å²) in [4.78, 5) is 0. The molecule has 0 aliphatic rings. The van der Waals surface area contributed by atoms with Crippen molar-refractivity contribution in [2.45, 2.75) is 13.3 Å². The van der Waals surface area contributed by atoms with E-state index in [2.05, 4.69) is 0 Å². The van der Waals surface area contributed by atoms with Crippen molar-refractivity contribution in [3.63, 3.8) is 0 Å². The average molecular weight is 209 g/mol. The highest BCUT2D eigenvalue weighted by atomic mass is 35.5. The number of halogens is 2. The first kappa shape index (κ1) is 9.47. The van der Waals surface area contributed by atoms with E-state index in [0.29, 0.717) is 0 Å². The van der Waals surface area contributed by atoms with E-state index in [9.17, 15) is 4.39 Å². The summed E-state index contributed by atoms with van der Waals surface area (Å²) < 4.78 is 13.2. The smallest absolute Gasteiger partial charge is 0.142 e. The molecule has 0 amide bonds. The van der Waals surface area contributed by atoms with Gasteiger partial charge in [-0.05, 0) is 23.4 Å². The van der Waals surface area contributed by atoms with E-state index in [1.54, 1.807) is 6.07 Å². The van der Waals surface area contributed by atoms with E-state index in [1.165, 1.54) is 6.07 Å². The average Bonchev–Trinajstić information content (AvgIpc) is 2.23. The third-order valence-electron chi connectivity index (χ3n) is 2.40. The van der Waals surface area contributed by atoms with Crippen molar-refractivity contribution in [2.75, 3.05) is 0 Å². The summed E-state index contributed by atoms with van der Waals surface area (Å²) in [5.41, 5.74) is 1.09. The summed E-state index contributed by atoms with van der Waals surface area (Å²) in [6.07, 6.45) is 0.862. The zero-order valence-corrected chi connectivity index (χ0v) is 8.61. The lowest BCUT2D eigenvalue weighted by Gasteiger charge is -2.06. The maximum atomic E-state index is 13.2. The number of rotatable bonds is 1.